The minimum absolute atomic E-state index is 0.200. The minimum atomic E-state index is -1.10. The van der Waals surface area contributed by atoms with Gasteiger partial charge in [-0.3, -0.25) is 19.4 Å². The van der Waals surface area contributed by atoms with E-state index in [-0.39, 0.29) is 17.6 Å². The molecule has 2 heterocycles. The van der Waals surface area contributed by atoms with Crippen molar-refractivity contribution in [2.45, 2.75) is 71.6 Å². The third-order valence-electron chi connectivity index (χ3n) is 6.09. The summed E-state index contributed by atoms with van der Waals surface area (Å²) < 4.78 is 11.5. The van der Waals surface area contributed by atoms with E-state index < -0.39 is 29.2 Å². The number of anilines is 3. The normalized spacial score (nSPS) is 15.4. The molecule has 3 rings (SSSR count). The fourth-order valence-electron chi connectivity index (χ4n) is 3.73. The first-order valence-electron chi connectivity index (χ1n) is 11.9. The molecule has 10 heteroatoms. The Bertz CT molecular complexity index is 1140. The molecule has 1 N–H and O–H groups in total. The Hall–Kier alpha value is -3.33. The fourth-order valence-corrected chi connectivity index (χ4v) is 3.86. The van der Waals surface area contributed by atoms with E-state index in [1.807, 2.05) is 13.8 Å². The third kappa shape index (κ3) is 5.56. The molecule has 3 amide bonds. The average Bonchev–Trinajstić information content (AvgIpc) is 2.82. The Balaban J connectivity index is 1.90. The molecule has 36 heavy (non-hydrogen) atoms. The predicted molar refractivity (Wildman–Crippen MR) is 139 cm³/mol. The maximum atomic E-state index is 13.6. The molecule has 0 fully saturated rings. The molecule has 1 unspecified atom stereocenters. The Morgan fingerprint density at radius 2 is 1.78 bits per heavy atom. The minimum Gasteiger partial charge on any atom is -0.459 e. The molecule has 1 atom stereocenters. The topological polar surface area (TPSA) is 101 Å². The molecule has 194 valence electrons. The van der Waals surface area contributed by atoms with E-state index in [1.165, 1.54) is 11.9 Å². The summed E-state index contributed by atoms with van der Waals surface area (Å²) in [5, 5.41) is 3.28. The molecule has 0 radical (unpaired) electrons. The highest BCUT2D eigenvalue weighted by atomic mass is 35.5. The lowest BCUT2D eigenvalue weighted by molar-refractivity contribution is -0.135. The second kappa shape index (κ2) is 10.3. The zero-order valence-electron chi connectivity index (χ0n) is 21.7. The number of benzene rings is 1. The lowest BCUT2D eigenvalue weighted by Gasteiger charge is -2.41. The van der Waals surface area contributed by atoms with Crippen LogP contribution in [0.25, 0.3) is 0 Å². The Kier molecular flexibility index (Phi) is 7.83. The van der Waals surface area contributed by atoms with E-state index in [9.17, 15) is 14.4 Å². The number of likely N-dealkylation sites (N-methyl/N-ethyl adjacent to an activating group) is 1. The largest absolute Gasteiger partial charge is 0.459 e. The second-order valence-corrected chi connectivity index (χ2v) is 10.1. The number of pyridine rings is 1. The van der Waals surface area contributed by atoms with Crippen molar-refractivity contribution in [3.8, 4) is 5.88 Å². The van der Waals surface area contributed by atoms with Crippen molar-refractivity contribution in [2.24, 2.45) is 0 Å². The molecule has 0 aliphatic carbocycles. The number of hydrogen-bond acceptors (Lipinski definition) is 6. The maximum Gasteiger partial charge on any atom is 0.410 e. The molecule has 0 bridgehead atoms. The smallest absolute Gasteiger partial charge is 0.410 e. The molecule has 1 aliphatic rings. The Morgan fingerprint density at radius 1 is 1.17 bits per heavy atom. The molecule has 1 aliphatic heterocycles. The first-order chi connectivity index (χ1) is 16.8. The van der Waals surface area contributed by atoms with Crippen LogP contribution in [0.4, 0.5) is 22.0 Å². The van der Waals surface area contributed by atoms with E-state index in [4.69, 9.17) is 21.1 Å². The van der Waals surface area contributed by atoms with Crippen molar-refractivity contribution in [1.29, 1.82) is 0 Å². The van der Waals surface area contributed by atoms with Gasteiger partial charge in [0.25, 0.3) is 5.91 Å². The second-order valence-electron chi connectivity index (χ2n) is 9.70. The van der Waals surface area contributed by atoms with Gasteiger partial charge in [-0.05, 0) is 76.9 Å². The molecular formula is C26H33ClN4O5. The zero-order valence-corrected chi connectivity index (χ0v) is 22.5. The summed E-state index contributed by atoms with van der Waals surface area (Å²) in [5.41, 5.74) is -0.702. The molecular weight excluding hydrogens is 484 g/mol. The van der Waals surface area contributed by atoms with Crippen molar-refractivity contribution in [2.75, 3.05) is 17.3 Å². The summed E-state index contributed by atoms with van der Waals surface area (Å²) in [4.78, 5) is 46.1. The number of halogens is 1. The van der Waals surface area contributed by atoms with Crippen LogP contribution in [-0.2, 0) is 14.3 Å². The van der Waals surface area contributed by atoms with Gasteiger partial charge in [0.05, 0.1) is 0 Å². The van der Waals surface area contributed by atoms with E-state index in [0.29, 0.717) is 29.2 Å². The number of nitrogens with one attached hydrogen (secondary N) is 1. The highest BCUT2D eigenvalue weighted by Crippen LogP contribution is 2.43. The van der Waals surface area contributed by atoms with Crippen molar-refractivity contribution in [3.63, 3.8) is 0 Å². The number of amides is 3. The summed E-state index contributed by atoms with van der Waals surface area (Å²) in [7, 11) is 1.49. The van der Waals surface area contributed by atoms with E-state index in [0.717, 1.165) is 0 Å². The Morgan fingerprint density at radius 3 is 2.33 bits per heavy atom. The summed E-state index contributed by atoms with van der Waals surface area (Å²) in [5.74, 6) is -0.197. The quantitative estimate of drug-likeness (QED) is 0.540. The van der Waals surface area contributed by atoms with Crippen LogP contribution in [0.2, 0.25) is 5.02 Å². The average molecular weight is 517 g/mol. The van der Waals surface area contributed by atoms with Crippen molar-refractivity contribution >= 4 is 46.7 Å². The Labute approximate surface area is 216 Å². The molecule has 9 nitrogen and oxygen atoms in total. The SMILES string of the molecule is CCC1(CC)Oc2nc(NC(=O)C(C)N(C)C(=O)OC(C)(C)C)ccc2N(c2ccc(Cl)cc2)C1=O. The van der Waals surface area contributed by atoms with Crippen molar-refractivity contribution < 1.29 is 23.9 Å². The van der Waals surface area contributed by atoms with E-state index in [1.54, 1.807) is 69.0 Å². The van der Waals surface area contributed by atoms with Gasteiger partial charge in [-0.2, -0.15) is 4.98 Å². The molecule has 0 saturated heterocycles. The maximum absolute atomic E-state index is 13.6. The van der Waals surface area contributed by atoms with E-state index in [2.05, 4.69) is 10.3 Å². The lowest BCUT2D eigenvalue weighted by Crippen LogP contribution is -2.54. The number of rotatable bonds is 6. The zero-order chi connectivity index (χ0) is 26.8. The van der Waals surface area contributed by atoms with Gasteiger partial charge in [0.15, 0.2) is 5.60 Å². The summed E-state index contributed by atoms with van der Waals surface area (Å²) in [6.45, 7) is 10.6. The van der Waals surface area contributed by atoms with Crippen LogP contribution in [0.3, 0.4) is 0 Å². The lowest BCUT2D eigenvalue weighted by atomic mass is 9.93. The van der Waals surface area contributed by atoms with Crippen LogP contribution in [0.15, 0.2) is 36.4 Å². The number of nitrogens with zero attached hydrogens (tertiary/aromatic N) is 3. The predicted octanol–water partition coefficient (Wildman–Crippen LogP) is 5.54. The van der Waals surface area contributed by atoms with Gasteiger partial charge in [0, 0.05) is 17.8 Å². The van der Waals surface area contributed by atoms with Crippen molar-refractivity contribution in [3.05, 3.63) is 41.4 Å². The van der Waals surface area contributed by atoms with Gasteiger partial charge < -0.3 is 14.8 Å². The summed E-state index contributed by atoms with van der Waals surface area (Å²) in [6, 6.07) is 9.37. The molecule has 0 saturated carbocycles. The summed E-state index contributed by atoms with van der Waals surface area (Å²) >= 11 is 6.05. The number of carbonyl (C=O) groups is 3. The van der Waals surface area contributed by atoms with Crippen LogP contribution >= 0.6 is 11.6 Å². The van der Waals surface area contributed by atoms with Crippen LogP contribution in [0.1, 0.15) is 54.4 Å². The van der Waals surface area contributed by atoms with Gasteiger partial charge in [0.1, 0.15) is 23.1 Å². The van der Waals surface area contributed by atoms with Crippen LogP contribution in [0.5, 0.6) is 5.88 Å². The standard InChI is InChI=1S/C26H33ClN4O5/c1-8-26(9-2)23(33)31(18-12-10-17(27)11-13-18)19-14-15-20(29-22(19)35-26)28-21(32)16(3)30(7)24(34)36-25(4,5)6/h10-16H,8-9H2,1-7H3,(H,28,29,32). The van der Waals surface area contributed by atoms with Gasteiger partial charge >= 0.3 is 6.09 Å². The first-order valence-corrected chi connectivity index (χ1v) is 12.3. The van der Waals surface area contributed by atoms with Gasteiger partial charge in [-0.15, -0.1) is 0 Å². The number of hydrogen-bond donors (Lipinski definition) is 1. The molecule has 1 aromatic carbocycles. The number of ether oxygens (including phenoxy) is 2. The number of aromatic nitrogens is 1. The van der Waals surface area contributed by atoms with Crippen molar-refractivity contribution in [1.82, 2.24) is 9.88 Å². The fraction of sp³-hybridized carbons (Fsp3) is 0.462. The van der Waals surface area contributed by atoms with Gasteiger partial charge in [0.2, 0.25) is 11.8 Å². The molecule has 2 aromatic rings. The molecule has 1 aromatic heterocycles. The van der Waals surface area contributed by atoms with Gasteiger partial charge in [-0.25, -0.2) is 4.79 Å². The third-order valence-corrected chi connectivity index (χ3v) is 6.34. The highest BCUT2D eigenvalue weighted by molar-refractivity contribution is 6.30. The van der Waals surface area contributed by atoms with Crippen LogP contribution in [0, 0.1) is 0 Å². The first kappa shape index (κ1) is 27.3. The van der Waals surface area contributed by atoms with E-state index >= 15 is 0 Å². The molecule has 0 spiro atoms. The van der Waals surface area contributed by atoms with Crippen LogP contribution in [-0.4, -0.2) is 52.1 Å². The monoisotopic (exact) mass is 516 g/mol. The number of fused-ring (bicyclic) bond motifs is 1. The van der Waals surface area contributed by atoms with Crippen LogP contribution < -0.4 is 15.0 Å². The number of carbonyl (C=O) groups excluding carboxylic acids is 3. The summed E-state index contributed by atoms with van der Waals surface area (Å²) in [6.07, 6.45) is 0.253. The highest BCUT2D eigenvalue weighted by Gasteiger charge is 2.47. The van der Waals surface area contributed by atoms with Gasteiger partial charge in [-0.1, -0.05) is 25.4 Å².